The molecule has 0 aromatic heterocycles. The number of fused-ring (bicyclic) bond motifs is 1. The van der Waals surface area contributed by atoms with Gasteiger partial charge in [-0.05, 0) is 63.5 Å². The average molecular weight is 459 g/mol. The number of likely N-dealkylation sites (N-methyl/N-ethyl adjacent to an activating group) is 1. The van der Waals surface area contributed by atoms with Crippen molar-refractivity contribution in [1.82, 2.24) is 9.80 Å². The van der Waals surface area contributed by atoms with Crippen LogP contribution in [0.3, 0.4) is 0 Å². The van der Waals surface area contributed by atoms with Crippen LogP contribution >= 0.6 is 0 Å². The first-order valence-corrected chi connectivity index (χ1v) is 10.9. The van der Waals surface area contributed by atoms with E-state index >= 15 is 0 Å². The van der Waals surface area contributed by atoms with E-state index in [1.165, 1.54) is 24.3 Å². The molecular formula is C24H31FN4O4. The van der Waals surface area contributed by atoms with Crippen molar-refractivity contribution in [2.75, 3.05) is 44.4 Å². The Morgan fingerprint density at radius 3 is 2.48 bits per heavy atom. The summed E-state index contributed by atoms with van der Waals surface area (Å²) in [5.41, 5.74) is 1.15. The monoisotopic (exact) mass is 458 g/mol. The van der Waals surface area contributed by atoms with Crippen LogP contribution in [0.1, 0.15) is 24.2 Å². The van der Waals surface area contributed by atoms with Crippen molar-refractivity contribution >= 4 is 23.3 Å². The summed E-state index contributed by atoms with van der Waals surface area (Å²) in [6, 6.07) is 9.41. The topological polar surface area (TPSA) is 94.1 Å². The Morgan fingerprint density at radius 2 is 1.85 bits per heavy atom. The zero-order valence-corrected chi connectivity index (χ0v) is 19.3. The third-order valence-electron chi connectivity index (χ3n) is 5.57. The van der Waals surface area contributed by atoms with Crippen LogP contribution in [0.2, 0.25) is 0 Å². The van der Waals surface area contributed by atoms with Gasteiger partial charge in [-0.2, -0.15) is 0 Å². The number of aliphatic hydroxyl groups excluding tert-OH is 1. The standard InChI is InChI=1S/C24H31FN4O4/c1-15-12-29(16(2)14-30)23(31)20-11-19(9-10-21(20)33-22(15)13-28(3)4)27-24(32)26-18-7-5-17(25)6-8-18/h5-11,15-16,22,30H,12-14H2,1-4H3,(H2,26,27,32)/t15-,16-,22-/m0/s1. The molecule has 0 saturated heterocycles. The Balaban J connectivity index is 1.87. The molecule has 0 aliphatic carbocycles. The van der Waals surface area contributed by atoms with Crippen LogP contribution in [0.5, 0.6) is 5.75 Å². The Morgan fingerprint density at radius 1 is 1.21 bits per heavy atom. The number of aliphatic hydroxyl groups is 1. The Hall–Kier alpha value is -3.17. The SMILES string of the molecule is C[C@H]1CN([C@@H](C)CO)C(=O)c2cc(NC(=O)Nc3ccc(F)cc3)ccc2O[C@H]1CN(C)C. The third-order valence-corrected chi connectivity index (χ3v) is 5.57. The van der Waals surface area contributed by atoms with E-state index in [9.17, 15) is 19.1 Å². The molecule has 1 aliphatic rings. The summed E-state index contributed by atoms with van der Waals surface area (Å²) in [4.78, 5) is 29.5. The van der Waals surface area contributed by atoms with Gasteiger partial charge in [0.25, 0.3) is 5.91 Å². The van der Waals surface area contributed by atoms with Gasteiger partial charge >= 0.3 is 6.03 Å². The smallest absolute Gasteiger partial charge is 0.323 e. The molecule has 0 fully saturated rings. The highest BCUT2D eigenvalue weighted by Crippen LogP contribution is 2.30. The molecule has 3 atom stereocenters. The minimum absolute atomic E-state index is 0.0396. The summed E-state index contributed by atoms with van der Waals surface area (Å²) in [6.07, 6.45) is -0.166. The van der Waals surface area contributed by atoms with Crippen LogP contribution < -0.4 is 15.4 Å². The molecule has 33 heavy (non-hydrogen) atoms. The molecule has 3 rings (SSSR count). The molecule has 0 radical (unpaired) electrons. The quantitative estimate of drug-likeness (QED) is 0.618. The first kappa shape index (κ1) is 24.5. The van der Waals surface area contributed by atoms with Crippen LogP contribution in [0, 0.1) is 11.7 Å². The van der Waals surface area contributed by atoms with E-state index in [0.29, 0.717) is 35.8 Å². The van der Waals surface area contributed by atoms with Gasteiger partial charge in [-0.1, -0.05) is 6.92 Å². The summed E-state index contributed by atoms with van der Waals surface area (Å²) in [5, 5.41) is 15.0. The Kier molecular flexibility index (Phi) is 7.88. The van der Waals surface area contributed by atoms with Crippen molar-refractivity contribution < 1.29 is 23.8 Å². The number of nitrogens with zero attached hydrogens (tertiary/aromatic N) is 2. The van der Waals surface area contributed by atoms with Gasteiger partial charge in [0.05, 0.1) is 18.2 Å². The summed E-state index contributed by atoms with van der Waals surface area (Å²) in [6.45, 7) is 4.76. The van der Waals surface area contributed by atoms with E-state index in [-0.39, 0.29) is 30.6 Å². The number of carbonyl (C=O) groups is 2. The molecular weight excluding hydrogens is 427 g/mol. The summed E-state index contributed by atoms with van der Waals surface area (Å²) >= 11 is 0. The third kappa shape index (κ3) is 6.21. The lowest BCUT2D eigenvalue weighted by Gasteiger charge is -2.37. The van der Waals surface area contributed by atoms with E-state index in [4.69, 9.17) is 4.74 Å². The van der Waals surface area contributed by atoms with Crippen LogP contribution in [-0.4, -0.2) is 72.8 Å². The second kappa shape index (κ2) is 10.6. The maximum absolute atomic E-state index is 13.4. The first-order valence-electron chi connectivity index (χ1n) is 10.9. The van der Waals surface area contributed by atoms with Crippen molar-refractivity contribution in [1.29, 1.82) is 0 Å². The van der Waals surface area contributed by atoms with E-state index in [1.807, 2.05) is 25.9 Å². The second-order valence-electron chi connectivity index (χ2n) is 8.68. The average Bonchev–Trinajstić information content (AvgIpc) is 2.77. The molecule has 8 nitrogen and oxygen atoms in total. The number of urea groups is 1. The molecule has 3 amide bonds. The van der Waals surface area contributed by atoms with Gasteiger partial charge < -0.3 is 30.3 Å². The molecule has 178 valence electrons. The van der Waals surface area contributed by atoms with Crippen LogP contribution in [0.25, 0.3) is 0 Å². The number of benzene rings is 2. The highest BCUT2D eigenvalue weighted by Gasteiger charge is 2.33. The highest BCUT2D eigenvalue weighted by molar-refractivity contribution is 6.02. The number of nitrogens with one attached hydrogen (secondary N) is 2. The fourth-order valence-corrected chi connectivity index (χ4v) is 3.70. The van der Waals surface area contributed by atoms with Gasteiger partial charge in [0.15, 0.2) is 0 Å². The predicted molar refractivity (Wildman–Crippen MR) is 125 cm³/mol. The minimum Gasteiger partial charge on any atom is -0.488 e. The number of rotatable bonds is 6. The lowest BCUT2D eigenvalue weighted by Crippen LogP contribution is -2.49. The highest BCUT2D eigenvalue weighted by atomic mass is 19.1. The lowest BCUT2D eigenvalue weighted by atomic mass is 9.99. The van der Waals surface area contributed by atoms with Crippen molar-refractivity contribution in [3.05, 3.63) is 53.8 Å². The molecule has 0 bridgehead atoms. The molecule has 1 aliphatic heterocycles. The maximum atomic E-state index is 13.4. The Bertz CT molecular complexity index is 983. The molecule has 2 aromatic carbocycles. The largest absolute Gasteiger partial charge is 0.488 e. The van der Waals surface area contributed by atoms with Gasteiger partial charge in [-0.25, -0.2) is 9.18 Å². The van der Waals surface area contributed by atoms with Crippen molar-refractivity contribution in [2.45, 2.75) is 26.0 Å². The van der Waals surface area contributed by atoms with Gasteiger partial charge in [0, 0.05) is 30.4 Å². The molecule has 0 unspecified atom stereocenters. The minimum atomic E-state index is -0.527. The number of hydrogen-bond donors (Lipinski definition) is 3. The van der Waals surface area contributed by atoms with Crippen molar-refractivity contribution in [3.8, 4) is 5.75 Å². The summed E-state index contributed by atoms with van der Waals surface area (Å²) < 4.78 is 19.3. The number of ether oxygens (including phenoxy) is 1. The fourth-order valence-electron chi connectivity index (χ4n) is 3.70. The zero-order valence-electron chi connectivity index (χ0n) is 19.3. The number of hydrogen-bond acceptors (Lipinski definition) is 5. The van der Waals surface area contributed by atoms with E-state index in [2.05, 4.69) is 10.6 Å². The van der Waals surface area contributed by atoms with E-state index in [0.717, 1.165) is 0 Å². The molecule has 1 heterocycles. The van der Waals surface area contributed by atoms with Gasteiger partial charge in [-0.3, -0.25) is 4.79 Å². The normalized spacial score (nSPS) is 19.2. The molecule has 3 N–H and O–H groups in total. The van der Waals surface area contributed by atoms with Gasteiger partial charge in [0.2, 0.25) is 0 Å². The van der Waals surface area contributed by atoms with Crippen molar-refractivity contribution in [3.63, 3.8) is 0 Å². The first-order chi connectivity index (χ1) is 15.7. The van der Waals surface area contributed by atoms with E-state index < -0.39 is 11.8 Å². The lowest BCUT2D eigenvalue weighted by molar-refractivity contribution is 0.0363. The summed E-state index contributed by atoms with van der Waals surface area (Å²) in [7, 11) is 3.92. The maximum Gasteiger partial charge on any atom is 0.323 e. The molecule has 0 saturated carbocycles. The number of halogens is 1. The number of anilines is 2. The van der Waals surface area contributed by atoms with Gasteiger partial charge in [-0.15, -0.1) is 0 Å². The van der Waals surface area contributed by atoms with Crippen molar-refractivity contribution in [2.24, 2.45) is 5.92 Å². The summed E-state index contributed by atoms with van der Waals surface area (Å²) in [5.74, 6) is -0.204. The van der Waals surface area contributed by atoms with E-state index in [1.54, 1.807) is 30.0 Å². The van der Waals surface area contributed by atoms with Crippen LogP contribution in [-0.2, 0) is 0 Å². The van der Waals surface area contributed by atoms with Crippen LogP contribution in [0.4, 0.5) is 20.6 Å². The zero-order chi connectivity index (χ0) is 24.1. The van der Waals surface area contributed by atoms with Crippen LogP contribution in [0.15, 0.2) is 42.5 Å². The molecule has 2 aromatic rings. The fraction of sp³-hybridized carbons (Fsp3) is 0.417. The molecule has 9 heteroatoms. The number of carbonyl (C=O) groups excluding carboxylic acids is 2. The van der Waals surface area contributed by atoms with Gasteiger partial charge in [0.1, 0.15) is 17.7 Å². The molecule has 0 spiro atoms. The predicted octanol–water partition coefficient (Wildman–Crippen LogP) is 3.25. The number of amides is 3. The second-order valence-corrected chi connectivity index (χ2v) is 8.68. The Labute approximate surface area is 193 Å².